The topological polar surface area (TPSA) is 108 Å². The van der Waals surface area contributed by atoms with Crippen LogP contribution in [0.1, 0.15) is 40.4 Å². The second kappa shape index (κ2) is 6.55. The van der Waals surface area contributed by atoms with E-state index in [0.717, 1.165) is 0 Å². The molecule has 1 saturated heterocycles. The van der Waals surface area contributed by atoms with E-state index in [2.05, 4.69) is 5.10 Å². The summed E-state index contributed by atoms with van der Waals surface area (Å²) < 4.78 is 38.3. The minimum absolute atomic E-state index is 0.0157. The number of ether oxygens (including phenoxy) is 2. The number of rotatable bonds is 3. The van der Waals surface area contributed by atoms with E-state index < -0.39 is 21.4 Å². The molecule has 1 fully saturated rings. The van der Waals surface area contributed by atoms with Crippen molar-refractivity contribution in [1.82, 2.24) is 9.78 Å². The Morgan fingerprint density at radius 1 is 1.36 bits per heavy atom. The molecule has 0 atom stereocenters. The van der Waals surface area contributed by atoms with Gasteiger partial charge >= 0.3 is 0 Å². The highest BCUT2D eigenvalue weighted by molar-refractivity contribution is 7.91. The van der Waals surface area contributed by atoms with Crippen LogP contribution in [0.2, 0.25) is 5.02 Å². The van der Waals surface area contributed by atoms with E-state index in [0.29, 0.717) is 25.3 Å². The number of aromatic nitrogens is 2. The lowest BCUT2D eigenvalue weighted by molar-refractivity contribution is -0.170. The second-order valence-electron chi connectivity index (χ2n) is 6.78. The Balaban J connectivity index is 1.96. The second-order valence-corrected chi connectivity index (χ2v) is 9.23. The van der Waals surface area contributed by atoms with E-state index in [1.807, 2.05) is 0 Å². The highest BCUT2D eigenvalue weighted by atomic mass is 35.5. The number of hydrogen-bond acceptors (Lipinski definition) is 7. The van der Waals surface area contributed by atoms with Crippen LogP contribution in [0.4, 0.5) is 0 Å². The number of benzene rings is 1. The Bertz CT molecular complexity index is 1090. The molecule has 2 aliphatic rings. The van der Waals surface area contributed by atoms with Crippen LogP contribution in [0.15, 0.2) is 17.2 Å². The summed E-state index contributed by atoms with van der Waals surface area (Å²) in [6.45, 7) is 4.45. The molecule has 0 unspecified atom stereocenters. The van der Waals surface area contributed by atoms with E-state index in [-0.39, 0.29) is 44.7 Å². The molecule has 1 spiro atoms. The summed E-state index contributed by atoms with van der Waals surface area (Å²) in [5.41, 5.74) is 0.861. The number of carbonyl (C=O) groups is 1. The standard InChI is InChI=1S/C18H19ClN2O6S/c1-3-21-17(23)12(9-20-21)15(22)11-8-13(19)16-14(10(11)2)18(26-5-6-27-18)4-7-28(16,24)25/h8-9,23H,3-7H2,1-2H3. The van der Waals surface area contributed by atoms with Gasteiger partial charge in [0.05, 0.1) is 35.1 Å². The summed E-state index contributed by atoms with van der Waals surface area (Å²) in [6.07, 6.45) is 1.40. The first-order valence-electron chi connectivity index (χ1n) is 8.85. The van der Waals surface area contributed by atoms with E-state index in [1.54, 1.807) is 13.8 Å². The predicted molar refractivity (Wildman–Crippen MR) is 99.4 cm³/mol. The van der Waals surface area contributed by atoms with E-state index in [1.165, 1.54) is 16.9 Å². The number of halogens is 1. The highest BCUT2D eigenvalue weighted by Crippen LogP contribution is 2.48. The molecule has 0 amide bonds. The van der Waals surface area contributed by atoms with Crippen molar-refractivity contribution in [3.63, 3.8) is 0 Å². The molecule has 0 saturated carbocycles. The van der Waals surface area contributed by atoms with Crippen molar-refractivity contribution < 1.29 is 27.8 Å². The van der Waals surface area contributed by atoms with Gasteiger partial charge in [-0.2, -0.15) is 5.10 Å². The van der Waals surface area contributed by atoms with Crippen molar-refractivity contribution in [3.8, 4) is 5.88 Å². The van der Waals surface area contributed by atoms with Crippen molar-refractivity contribution in [2.75, 3.05) is 19.0 Å². The summed E-state index contributed by atoms with van der Waals surface area (Å²) in [5, 5.41) is 14.2. The Kier molecular flexibility index (Phi) is 4.53. The van der Waals surface area contributed by atoms with Gasteiger partial charge in [0.1, 0.15) is 5.56 Å². The SMILES string of the molecule is CCn1ncc(C(=O)c2cc(Cl)c3c(c2C)C2(CCS3(=O)=O)OCCO2)c1O. The number of sulfone groups is 1. The maximum atomic E-state index is 13.1. The zero-order valence-electron chi connectivity index (χ0n) is 15.4. The van der Waals surface area contributed by atoms with Crippen LogP contribution in [0.25, 0.3) is 0 Å². The zero-order chi connectivity index (χ0) is 20.3. The summed E-state index contributed by atoms with van der Waals surface area (Å²) in [4.78, 5) is 13.1. The number of aromatic hydroxyl groups is 1. The van der Waals surface area contributed by atoms with Crippen molar-refractivity contribution >= 4 is 27.2 Å². The molecular weight excluding hydrogens is 408 g/mol. The molecule has 1 N–H and O–H groups in total. The lowest BCUT2D eigenvalue weighted by atomic mass is 9.90. The molecule has 1 aromatic carbocycles. The van der Waals surface area contributed by atoms with Crippen LogP contribution in [0.3, 0.4) is 0 Å². The van der Waals surface area contributed by atoms with E-state index in [4.69, 9.17) is 21.1 Å². The van der Waals surface area contributed by atoms with Crippen LogP contribution in [0, 0.1) is 6.92 Å². The molecule has 0 radical (unpaired) electrons. The summed E-state index contributed by atoms with van der Waals surface area (Å²) in [6, 6.07) is 1.33. The maximum Gasteiger partial charge on any atom is 0.220 e. The minimum atomic E-state index is -3.64. The maximum absolute atomic E-state index is 13.1. The molecule has 0 aliphatic carbocycles. The minimum Gasteiger partial charge on any atom is -0.493 e. The van der Waals surface area contributed by atoms with Gasteiger partial charge in [0.2, 0.25) is 5.88 Å². The molecule has 3 heterocycles. The van der Waals surface area contributed by atoms with E-state index >= 15 is 0 Å². The zero-order valence-corrected chi connectivity index (χ0v) is 16.9. The summed E-state index contributed by atoms with van der Waals surface area (Å²) in [5.74, 6) is -2.15. The normalized spacial score (nSPS) is 19.7. The first-order valence-corrected chi connectivity index (χ1v) is 10.9. The van der Waals surface area contributed by atoms with Gasteiger partial charge < -0.3 is 14.6 Å². The molecule has 150 valence electrons. The Hall–Kier alpha value is -1.94. The Morgan fingerprint density at radius 2 is 2.04 bits per heavy atom. The average molecular weight is 427 g/mol. The fourth-order valence-corrected chi connectivity index (χ4v) is 6.15. The predicted octanol–water partition coefficient (Wildman–Crippen LogP) is 2.18. The van der Waals surface area contributed by atoms with Crippen molar-refractivity contribution in [1.29, 1.82) is 0 Å². The Morgan fingerprint density at radius 3 is 2.64 bits per heavy atom. The molecule has 4 rings (SSSR count). The largest absolute Gasteiger partial charge is 0.493 e. The highest BCUT2D eigenvalue weighted by Gasteiger charge is 2.49. The summed E-state index contributed by atoms with van der Waals surface area (Å²) in [7, 11) is -3.64. The number of aryl methyl sites for hydroxylation is 1. The number of hydrogen-bond donors (Lipinski definition) is 1. The molecule has 8 nitrogen and oxygen atoms in total. The third kappa shape index (κ3) is 2.68. The van der Waals surface area contributed by atoms with Crippen LogP contribution in [-0.2, 0) is 31.6 Å². The van der Waals surface area contributed by atoms with Crippen molar-refractivity contribution in [3.05, 3.63) is 39.5 Å². The third-order valence-corrected chi connectivity index (χ3v) is 7.44. The van der Waals surface area contributed by atoms with Gasteiger partial charge in [0.25, 0.3) is 0 Å². The van der Waals surface area contributed by atoms with Crippen LogP contribution >= 0.6 is 11.6 Å². The smallest absolute Gasteiger partial charge is 0.220 e. The fourth-order valence-electron chi connectivity index (χ4n) is 3.88. The van der Waals surface area contributed by atoms with Gasteiger partial charge in [-0.15, -0.1) is 0 Å². The number of ketones is 1. The monoisotopic (exact) mass is 426 g/mol. The van der Waals surface area contributed by atoms with Gasteiger partial charge in [-0.05, 0) is 25.5 Å². The molecule has 2 aromatic rings. The van der Waals surface area contributed by atoms with Gasteiger partial charge in [-0.25, -0.2) is 13.1 Å². The van der Waals surface area contributed by atoms with Crippen LogP contribution in [-0.4, -0.2) is 48.1 Å². The first kappa shape index (κ1) is 19.4. The van der Waals surface area contributed by atoms with Gasteiger partial charge in [-0.3, -0.25) is 4.79 Å². The summed E-state index contributed by atoms with van der Waals surface area (Å²) >= 11 is 6.34. The average Bonchev–Trinajstić information content (AvgIpc) is 3.27. The Labute approximate surface area is 166 Å². The molecule has 1 aromatic heterocycles. The quantitative estimate of drug-likeness (QED) is 0.749. The van der Waals surface area contributed by atoms with Crippen molar-refractivity contribution in [2.24, 2.45) is 0 Å². The first-order chi connectivity index (χ1) is 13.2. The molecule has 0 bridgehead atoms. The molecular formula is C18H19ClN2O6S. The molecule has 10 heteroatoms. The molecule has 2 aliphatic heterocycles. The van der Waals surface area contributed by atoms with E-state index in [9.17, 15) is 18.3 Å². The van der Waals surface area contributed by atoms with Gasteiger partial charge in [0.15, 0.2) is 21.4 Å². The van der Waals surface area contributed by atoms with Gasteiger partial charge in [-0.1, -0.05) is 11.6 Å². The van der Waals surface area contributed by atoms with Crippen LogP contribution in [0.5, 0.6) is 5.88 Å². The fraction of sp³-hybridized carbons (Fsp3) is 0.444. The lowest BCUT2D eigenvalue weighted by Crippen LogP contribution is -2.38. The van der Waals surface area contributed by atoms with Crippen molar-refractivity contribution in [2.45, 2.75) is 37.5 Å². The number of fused-ring (bicyclic) bond motifs is 2. The molecule has 28 heavy (non-hydrogen) atoms. The van der Waals surface area contributed by atoms with Gasteiger partial charge in [0, 0.05) is 24.1 Å². The third-order valence-electron chi connectivity index (χ3n) is 5.24. The number of carbonyl (C=O) groups excluding carboxylic acids is 1. The van der Waals surface area contributed by atoms with Crippen LogP contribution < -0.4 is 0 Å². The number of nitrogens with zero attached hydrogens (tertiary/aromatic N) is 2. The lowest BCUT2D eigenvalue weighted by Gasteiger charge is -2.35.